The summed E-state index contributed by atoms with van der Waals surface area (Å²) in [5.74, 6) is 0.901. The number of aliphatic imine (C=N–C) groups is 1. The van der Waals surface area contributed by atoms with Gasteiger partial charge in [-0.25, -0.2) is 4.98 Å². The van der Waals surface area contributed by atoms with Crippen LogP contribution in [0.5, 0.6) is 0 Å². The Bertz CT molecular complexity index is 459. The molecule has 1 aliphatic rings. The molecule has 0 unspecified atom stereocenters. The van der Waals surface area contributed by atoms with E-state index in [0.29, 0.717) is 0 Å². The summed E-state index contributed by atoms with van der Waals surface area (Å²) in [5, 5.41) is 6.74. The van der Waals surface area contributed by atoms with Gasteiger partial charge < -0.3 is 15.2 Å². The van der Waals surface area contributed by atoms with Gasteiger partial charge >= 0.3 is 0 Å². The van der Waals surface area contributed by atoms with Gasteiger partial charge in [-0.3, -0.25) is 9.89 Å². The van der Waals surface area contributed by atoms with Crippen LogP contribution in [-0.4, -0.2) is 58.7 Å². The van der Waals surface area contributed by atoms with Gasteiger partial charge in [0.2, 0.25) is 0 Å². The lowest BCUT2D eigenvalue weighted by atomic mass is 9.99. The average molecular weight is 320 g/mol. The van der Waals surface area contributed by atoms with Crippen molar-refractivity contribution in [3.05, 3.63) is 18.7 Å². The summed E-state index contributed by atoms with van der Waals surface area (Å²) in [4.78, 5) is 11.4. The van der Waals surface area contributed by atoms with Gasteiger partial charge in [-0.15, -0.1) is 0 Å². The zero-order valence-corrected chi connectivity index (χ0v) is 14.9. The first kappa shape index (κ1) is 17.8. The van der Waals surface area contributed by atoms with E-state index in [9.17, 15) is 0 Å². The molecule has 0 radical (unpaired) electrons. The lowest BCUT2D eigenvalue weighted by molar-refractivity contribution is 0.102. The fraction of sp³-hybridized carbons (Fsp3) is 0.765. The molecule has 0 aromatic carbocycles. The molecule has 1 fully saturated rings. The van der Waals surface area contributed by atoms with Crippen LogP contribution < -0.4 is 10.6 Å². The van der Waals surface area contributed by atoms with Crippen LogP contribution in [0.2, 0.25) is 0 Å². The average Bonchev–Trinajstić information content (AvgIpc) is 3.07. The van der Waals surface area contributed by atoms with Crippen molar-refractivity contribution in [3.63, 3.8) is 0 Å². The van der Waals surface area contributed by atoms with Crippen LogP contribution in [-0.2, 0) is 6.54 Å². The summed E-state index contributed by atoms with van der Waals surface area (Å²) in [5.41, 5.74) is 0.118. The standard InChI is InChI=1S/C17H32N6/c1-4-19-16(20-9-13-22-12-8-18-15-22)21-14-17(2,3)23-10-6-5-7-11-23/h8,12,15H,4-7,9-11,13-14H2,1-3H3,(H2,19,20,21). The fourth-order valence-corrected chi connectivity index (χ4v) is 2.94. The number of piperidine rings is 1. The zero-order valence-electron chi connectivity index (χ0n) is 14.9. The third kappa shape index (κ3) is 5.86. The Morgan fingerprint density at radius 1 is 1.22 bits per heavy atom. The molecule has 2 heterocycles. The van der Waals surface area contributed by atoms with Gasteiger partial charge in [0.1, 0.15) is 0 Å². The molecular weight excluding hydrogens is 288 g/mol. The molecule has 1 aromatic heterocycles. The van der Waals surface area contributed by atoms with Crippen molar-refractivity contribution in [2.45, 2.75) is 52.1 Å². The second kappa shape index (κ2) is 8.91. The van der Waals surface area contributed by atoms with Crippen LogP contribution in [0.15, 0.2) is 23.7 Å². The minimum absolute atomic E-state index is 0.118. The molecular formula is C17H32N6. The number of likely N-dealkylation sites (tertiary alicyclic amines) is 1. The summed E-state index contributed by atoms with van der Waals surface area (Å²) in [6.07, 6.45) is 9.62. The molecule has 6 heteroatoms. The molecule has 6 nitrogen and oxygen atoms in total. The van der Waals surface area contributed by atoms with Gasteiger partial charge in [-0.2, -0.15) is 0 Å². The second-order valence-electron chi connectivity index (χ2n) is 6.78. The molecule has 23 heavy (non-hydrogen) atoms. The van der Waals surface area contributed by atoms with Crippen LogP contribution in [0.3, 0.4) is 0 Å². The predicted octanol–water partition coefficient (Wildman–Crippen LogP) is 1.70. The molecule has 130 valence electrons. The van der Waals surface area contributed by atoms with E-state index >= 15 is 0 Å². The van der Waals surface area contributed by atoms with Crippen molar-refractivity contribution >= 4 is 5.96 Å². The Morgan fingerprint density at radius 2 is 2.00 bits per heavy atom. The van der Waals surface area contributed by atoms with Gasteiger partial charge in [0.25, 0.3) is 0 Å². The van der Waals surface area contributed by atoms with Crippen molar-refractivity contribution in [1.29, 1.82) is 0 Å². The normalized spacial score (nSPS) is 17.3. The molecule has 0 saturated carbocycles. The van der Waals surface area contributed by atoms with E-state index in [4.69, 9.17) is 4.99 Å². The van der Waals surface area contributed by atoms with E-state index < -0.39 is 0 Å². The molecule has 2 N–H and O–H groups in total. The largest absolute Gasteiger partial charge is 0.357 e. The Labute approximate surface area is 140 Å². The number of hydrogen-bond donors (Lipinski definition) is 2. The first-order valence-corrected chi connectivity index (χ1v) is 8.85. The van der Waals surface area contributed by atoms with Crippen molar-refractivity contribution < 1.29 is 0 Å². The summed E-state index contributed by atoms with van der Waals surface area (Å²) in [6, 6.07) is 0. The van der Waals surface area contributed by atoms with E-state index in [0.717, 1.165) is 32.1 Å². The summed E-state index contributed by atoms with van der Waals surface area (Å²) >= 11 is 0. The third-order valence-corrected chi connectivity index (χ3v) is 4.40. The van der Waals surface area contributed by atoms with E-state index in [1.807, 2.05) is 12.5 Å². The molecule has 0 aliphatic carbocycles. The lowest BCUT2D eigenvalue weighted by Crippen LogP contribution is -2.49. The molecule has 0 atom stereocenters. The predicted molar refractivity (Wildman–Crippen MR) is 95.7 cm³/mol. The highest BCUT2D eigenvalue weighted by molar-refractivity contribution is 5.79. The molecule has 1 aliphatic heterocycles. The number of rotatable bonds is 7. The first-order chi connectivity index (χ1) is 11.1. The Morgan fingerprint density at radius 3 is 2.65 bits per heavy atom. The van der Waals surface area contributed by atoms with Crippen molar-refractivity contribution in [1.82, 2.24) is 25.1 Å². The monoisotopic (exact) mass is 320 g/mol. The molecule has 0 spiro atoms. The highest BCUT2D eigenvalue weighted by Crippen LogP contribution is 2.20. The van der Waals surface area contributed by atoms with E-state index in [-0.39, 0.29) is 5.54 Å². The van der Waals surface area contributed by atoms with E-state index in [1.54, 1.807) is 6.20 Å². The SMILES string of the molecule is CCNC(=NCC(C)(C)N1CCCCC1)NCCn1ccnc1. The Kier molecular flexibility index (Phi) is 6.89. The number of imidazole rings is 1. The Balaban J connectivity index is 1.83. The molecule has 0 bridgehead atoms. The topological polar surface area (TPSA) is 57.5 Å². The number of nitrogens with zero attached hydrogens (tertiary/aromatic N) is 4. The summed E-state index contributed by atoms with van der Waals surface area (Å²) in [7, 11) is 0. The van der Waals surface area contributed by atoms with Crippen LogP contribution >= 0.6 is 0 Å². The number of nitrogens with one attached hydrogen (secondary N) is 2. The maximum Gasteiger partial charge on any atom is 0.191 e. The maximum absolute atomic E-state index is 4.81. The zero-order chi connectivity index (χ0) is 16.5. The molecule has 1 aromatic rings. The minimum atomic E-state index is 0.118. The van der Waals surface area contributed by atoms with Crippen LogP contribution in [0.1, 0.15) is 40.0 Å². The highest BCUT2D eigenvalue weighted by atomic mass is 15.2. The first-order valence-electron chi connectivity index (χ1n) is 8.85. The van der Waals surface area contributed by atoms with Gasteiger partial charge in [-0.05, 0) is 46.7 Å². The lowest BCUT2D eigenvalue weighted by Gasteiger charge is -2.40. The van der Waals surface area contributed by atoms with Gasteiger partial charge in [0.05, 0.1) is 12.9 Å². The third-order valence-electron chi connectivity index (χ3n) is 4.40. The quantitative estimate of drug-likeness (QED) is 0.593. The number of aromatic nitrogens is 2. The maximum atomic E-state index is 4.81. The smallest absolute Gasteiger partial charge is 0.191 e. The van der Waals surface area contributed by atoms with Crippen molar-refractivity contribution in [2.24, 2.45) is 4.99 Å². The van der Waals surface area contributed by atoms with Gasteiger partial charge in [0.15, 0.2) is 5.96 Å². The van der Waals surface area contributed by atoms with Crippen molar-refractivity contribution in [3.8, 4) is 0 Å². The van der Waals surface area contributed by atoms with Gasteiger partial charge in [-0.1, -0.05) is 6.42 Å². The van der Waals surface area contributed by atoms with Crippen LogP contribution in [0.25, 0.3) is 0 Å². The van der Waals surface area contributed by atoms with E-state index in [2.05, 4.69) is 45.9 Å². The number of guanidine groups is 1. The summed E-state index contributed by atoms with van der Waals surface area (Å²) in [6.45, 7) is 12.5. The fourth-order valence-electron chi connectivity index (χ4n) is 2.94. The van der Waals surface area contributed by atoms with E-state index in [1.165, 1.54) is 32.4 Å². The second-order valence-corrected chi connectivity index (χ2v) is 6.78. The molecule has 0 amide bonds. The summed E-state index contributed by atoms with van der Waals surface area (Å²) < 4.78 is 2.06. The van der Waals surface area contributed by atoms with Crippen LogP contribution in [0, 0.1) is 0 Å². The Hall–Kier alpha value is -1.56. The molecule has 1 saturated heterocycles. The van der Waals surface area contributed by atoms with Gasteiger partial charge in [0, 0.05) is 37.6 Å². The van der Waals surface area contributed by atoms with Crippen molar-refractivity contribution in [2.75, 3.05) is 32.7 Å². The highest BCUT2D eigenvalue weighted by Gasteiger charge is 2.27. The molecule has 2 rings (SSSR count). The van der Waals surface area contributed by atoms with Crippen LogP contribution in [0.4, 0.5) is 0 Å². The minimum Gasteiger partial charge on any atom is -0.357 e. The number of hydrogen-bond acceptors (Lipinski definition) is 3.